The van der Waals surface area contributed by atoms with Crippen molar-refractivity contribution in [2.75, 3.05) is 21.3 Å². The van der Waals surface area contributed by atoms with Crippen molar-refractivity contribution in [3.8, 4) is 11.5 Å². The molecule has 7 nitrogen and oxygen atoms in total. The van der Waals surface area contributed by atoms with E-state index >= 15 is 0 Å². The van der Waals surface area contributed by atoms with Crippen molar-refractivity contribution >= 4 is 11.6 Å². The fraction of sp³-hybridized carbons (Fsp3) is 0.235. The Labute approximate surface area is 147 Å². The first-order valence-corrected chi connectivity index (χ1v) is 7.38. The Morgan fingerprint density at radius 2 is 1.77 bits per heavy atom. The summed E-state index contributed by atoms with van der Waals surface area (Å²) in [7, 11) is 3.99. The number of rotatable bonds is 6. The number of hydrogen-bond donors (Lipinski definition) is 0. The molecule has 0 spiro atoms. The zero-order valence-electron chi connectivity index (χ0n) is 14.3. The second kappa shape index (κ2) is 7.77. The minimum atomic E-state index is -0.813. The molecule has 0 bridgehead atoms. The molecule has 0 aliphatic heterocycles. The number of hydrogen-bond acceptors (Lipinski definition) is 5. The van der Waals surface area contributed by atoms with E-state index < -0.39 is 28.2 Å². The molecule has 0 aromatic heterocycles. The number of carbonyl (C=O) groups is 1. The van der Waals surface area contributed by atoms with Crippen LogP contribution in [0, 0.1) is 21.7 Å². The third-order valence-electron chi connectivity index (χ3n) is 3.70. The van der Waals surface area contributed by atoms with E-state index in [-0.39, 0.29) is 29.2 Å². The highest BCUT2D eigenvalue weighted by Crippen LogP contribution is 2.35. The van der Waals surface area contributed by atoms with Crippen LogP contribution in [0.25, 0.3) is 0 Å². The van der Waals surface area contributed by atoms with E-state index in [2.05, 4.69) is 0 Å². The van der Waals surface area contributed by atoms with Crippen LogP contribution in [0.2, 0.25) is 0 Å². The number of benzene rings is 2. The van der Waals surface area contributed by atoms with Gasteiger partial charge in [-0.25, -0.2) is 8.78 Å². The normalized spacial score (nSPS) is 10.3. The molecule has 0 heterocycles. The first kappa shape index (κ1) is 19.1. The molecule has 138 valence electrons. The fourth-order valence-corrected chi connectivity index (χ4v) is 2.37. The van der Waals surface area contributed by atoms with Gasteiger partial charge in [0.15, 0.2) is 11.5 Å². The second-order valence-electron chi connectivity index (χ2n) is 5.38. The summed E-state index contributed by atoms with van der Waals surface area (Å²) >= 11 is 0. The van der Waals surface area contributed by atoms with Crippen molar-refractivity contribution in [2.45, 2.75) is 6.54 Å². The van der Waals surface area contributed by atoms with Gasteiger partial charge in [0.1, 0.15) is 17.2 Å². The zero-order chi connectivity index (χ0) is 19.4. The molecule has 0 aliphatic carbocycles. The molecular formula is C17H16F2N2O5. The quantitative estimate of drug-likeness (QED) is 0.579. The van der Waals surface area contributed by atoms with Crippen molar-refractivity contribution in [3.63, 3.8) is 0 Å². The molecule has 0 saturated carbocycles. The first-order valence-electron chi connectivity index (χ1n) is 7.38. The average Bonchev–Trinajstić information content (AvgIpc) is 2.61. The van der Waals surface area contributed by atoms with Crippen LogP contribution in [0.15, 0.2) is 30.3 Å². The van der Waals surface area contributed by atoms with E-state index in [9.17, 15) is 23.7 Å². The van der Waals surface area contributed by atoms with Crippen LogP contribution in [0.4, 0.5) is 14.5 Å². The lowest BCUT2D eigenvalue weighted by molar-refractivity contribution is -0.385. The lowest BCUT2D eigenvalue weighted by atomic mass is 10.1. The molecule has 0 saturated heterocycles. The maximum Gasteiger partial charge on any atom is 0.286 e. The van der Waals surface area contributed by atoms with Crippen LogP contribution < -0.4 is 9.47 Å². The molecule has 0 fully saturated rings. The largest absolute Gasteiger partial charge is 0.493 e. The fourth-order valence-electron chi connectivity index (χ4n) is 2.37. The van der Waals surface area contributed by atoms with Gasteiger partial charge in [0.25, 0.3) is 11.6 Å². The van der Waals surface area contributed by atoms with Gasteiger partial charge < -0.3 is 14.4 Å². The maximum absolute atomic E-state index is 13.8. The van der Waals surface area contributed by atoms with E-state index in [1.54, 1.807) is 0 Å². The van der Waals surface area contributed by atoms with Crippen LogP contribution in [-0.4, -0.2) is 37.0 Å². The van der Waals surface area contributed by atoms with Gasteiger partial charge in [-0.2, -0.15) is 0 Å². The number of carbonyl (C=O) groups excluding carboxylic acids is 1. The number of ether oxygens (including phenoxy) is 2. The molecule has 2 rings (SSSR count). The Morgan fingerprint density at radius 3 is 2.31 bits per heavy atom. The lowest BCUT2D eigenvalue weighted by Crippen LogP contribution is -2.27. The third kappa shape index (κ3) is 3.88. The van der Waals surface area contributed by atoms with Crippen molar-refractivity contribution in [3.05, 3.63) is 63.2 Å². The Morgan fingerprint density at radius 1 is 1.15 bits per heavy atom. The molecule has 0 radical (unpaired) electrons. The monoisotopic (exact) mass is 366 g/mol. The van der Waals surface area contributed by atoms with E-state index in [4.69, 9.17) is 9.47 Å². The predicted octanol–water partition coefficient (Wildman–Crippen LogP) is 3.16. The zero-order valence-corrected chi connectivity index (χ0v) is 14.3. The molecule has 1 amide bonds. The molecule has 2 aromatic carbocycles. The number of halogens is 2. The van der Waals surface area contributed by atoms with Gasteiger partial charge in [0, 0.05) is 31.3 Å². The third-order valence-corrected chi connectivity index (χ3v) is 3.70. The average molecular weight is 366 g/mol. The topological polar surface area (TPSA) is 81.9 Å². The Kier molecular flexibility index (Phi) is 5.71. The van der Waals surface area contributed by atoms with Gasteiger partial charge in [-0.1, -0.05) is 6.07 Å². The van der Waals surface area contributed by atoms with Crippen LogP contribution in [0.3, 0.4) is 0 Å². The standard InChI is InChI=1S/C17H16F2N2O5/c1-20(9-10-4-5-11(18)6-13(10)19)17(22)12-7-15(25-2)16(26-3)8-14(12)21(23)24/h4-8H,9H2,1-3H3. The number of nitro groups is 1. The number of amides is 1. The Hall–Kier alpha value is -3.23. The van der Waals surface area contributed by atoms with Gasteiger partial charge in [-0.05, 0) is 6.07 Å². The highest BCUT2D eigenvalue weighted by atomic mass is 19.1. The summed E-state index contributed by atoms with van der Waals surface area (Å²) in [5, 5.41) is 11.3. The molecule has 0 unspecified atom stereocenters. The summed E-state index contributed by atoms with van der Waals surface area (Å²) in [6, 6.07) is 5.24. The summed E-state index contributed by atoms with van der Waals surface area (Å²) in [6.07, 6.45) is 0. The van der Waals surface area contributed by atoms with E-state index in [1.807, 2.05) is 0 Å². The maximum atomic E-state index is 13.8. The van der Waals surface area contributed by atoms with Gasteiger partial charge in [-0.3, -0.25) is 14.9 Å². The van der Waals surface area contributed by atoms with E-state index in [1.165, 1.54) is 33.4 Å². The molecular weight excluding hydrogens is 350 g/mol. The summed E-state index contributed by atoms with van der Waals surface area (Å²) in [6.45, 7) is -0.198. The summed E-state index contributed by atoms with van der Waals surface area (Å²) in [5.74, 6) is -2.03. The molecule has 0 aliphatic rings. The minimum Gasteiger partial charge on any atom is -0.493 e. The minimum absolute atomic E-state index is 0.0744. The highest BCUT2D eigenvalue weighted by molar-refractivity contribution is 5.99. The van der Waals surface area contributed by atoms with Gasteiger partial charge in [-0.15, -0.1) is 0 Å². The van der Waals surface area contributed by atoms with E-state index in [0.29, 0.717) is 6.07 Å². The number of nitro benzene ring substituents is 1. The van der Waals surface area contributed by atoms with Crippen molar-refractivity contribution < 1.29 is 28.0 Å². The molecule has 0 N–H and O–H groups in total. The lowest BCUT2D eigenvalue weighted by Gasteiger charge is -2.18. The molecule has 9 heteroatoms. The number of nitrogens with zero attached hydrogens (tertiary/aromatic N) is 2. The van der Waals surface area contributed by atoms with Gasteiger partial charge in [0.2, 0.25) is 0 Å². The van der Waals surface area contributed by atoms with Crippen LogP contribution in [0.1, 0.15) is 15.9 Å². The van der Waals surface area contributed by atoms with Crippen molar-refractivity contribution in [1.82, 2.24) is 4.90 Å². The summed E-state index contributed by atoms with van der Waals surface area (Å²) < 4.78 is 36.8. The van der Waals surface area contributed by atoms with Crippen LogP contribution in [-0.2, 0) is 6.54 Å². The molecule has 2 aromatic rings. The number of methoxy groups -OCH3 is 2. The smallest absolute Gasteiger partial charge is 0.286 e. The highest BCUT2D eigenvalue weighted by Gasteiger charge is 2.27. The van der Waals surface area contributed by atoms with Gasteiger partial charge >= 0.3 is 0 Å². The second-order valence-corrected chi connectivity index (χ2v) is 5.38. The van der Waals surface area contributed by atoms with Gasteiger partial charge in [0.05, 0.1) is 25.2 Å². The first-order chi connectivity index (χ1) is 12.3. The van der Waals surface area contributed by atoms with Crippen LogP contribution >= 0.6 is 0 Å². The summed E-state index contributed by atoms with van der Waals surface area (Å²) in [4.78, 5) is 24.3. The van der Waals surface area contributed by atoms with Crippen molar-refractivity contribution in [1.29, 1.82) is 0 Å². The SMILES string of the molecule is COc1cc(C(=O)N(C)Cc2ccc(F)cc2F)c([N+](=O)[O-])cc1OC. The Bertz CT molecular complexity index is 857. The predicted molar refractivity (Wildman–Crippen MR) is 88.4 cm³/mol. The molecule has 26 heavy (non-hydrogen) atoms. The van der Waals surface area contributed by atoms with Crippen molar-refractivity contribution in [2.24, 2.45) is 0 Å². The summed E-state index contributed by atoms with van der Waals surface area (Å²) in [5.41, 5.74) is -0.637. The molecule has 0 atom stereocenters. The van der Waals surface area contributed by atoms with E-state index in [0.717, 1.165) is 17.0 Å². The van der Waals surface area contributed by atoms with Crippen LogP contribution in [0.5, 0.6) is 11.5 Å². The Balaban J connectivity index is 2.39.